The average molecular weight is 202 g/mol. The molecule has 0 fully saturated rings. The predicted octanol–water partition coefficient (Wildman–Crippen LogP) is 0.831. The number of nitrogens with two attached hydrogens (primary N) is 1. The molecule has 1 aromatic carbocycles. The Morgan fingerprint density at radius 2 is 2.33 bits per heavy atom. The molecule has 0 aromatic heterocycles. The molecular weight excluding hydrogens is 188 g/mol. The normalized spacial score (nSPS) is 13.3. The molecule has 78 valence electrons. The first kappa shape index (κ1) is 9.93. The minimum atomic E-state index is 0.000462. The van der Waals surface area contributed by atoms with Gasteiger partial charge >= 0.3 is 0 Å². The van der Waals surface area contributed by atoms with Crippen molar-refractivity contribution in [3.8, 4) is 0 Å². The molecule has 0 unspecified atom stereocenters. The summed E-state index contributed by atoms with van der Waals surface area (Å²) < 4.78 is 0. The van der Waals surface area contributed by atoms with Crippen LogP contribution in [0, 0.1) is 0 Å². The highest BCUT2D eigenvalue weighted by molar-refractivity contribution is 6.00. The third kappa shape index (κ3) is 1.78. The van der Waals surface area contributed by atoms with Gasteiger partial charge in [-0.2, -0.15) is 0 Å². The Morgan fingerprint density at radius 1 is 1.53 bits per heavy atom. The molecule has 0 saturated heterocycles. The van der Waals surface area contributed by atoms with Gasteiger partial charge in [0.15, 0.2) is 0 Å². The molecule has 1 aliphatic carbocycles. The molecule has 3 N–H and O–H groups in total. The largest absolute Gasteiger partial charge is 0.355 e. The van der Waals surface area contributed by atoms with Crippen molar-refractivity contribution in [2.45, 2.75) is 13.0 Å². The van der Waals surface area contributed by atoms with Crippen molar-refractivity contribution >= 4 is 12.0 Å². The fourth-order valence-corrected chi connectivity index (χ4v) is 1.82. The Labute approximate surface area is 89.0 Å². The lowest BCUT2D eigenvalue weighted by Gasteiger charge is -2.01. The second-order valence-corrected chi connectivity index (χ2v) is 3.66. The Balaban J connectivity index is 2.31. The fourth-order valence-electron chi connectivity index (χ4n) is 1.82. The van der Waals surface area contributed by atoms with Gasteiger partial charge in [-0.3, -0.25) is 4.79 Å². The summed E-state index contributed by atoms with van der Waals surface area (Å²) in [5.41, 5.74) is 9.81. The van der Waals surface area contributed by atoms with E-state index in [4.69, 9.17) is 5.73 Å². The van der Waals surface area contributed by atoms with E-state index in [9.17, 15) is 4.79 Å². The summed E-state index contributed by atoms with van der Waals surface area (Å²) in [5.74, 6) is 0.000462. The van der Waals surface area contributed by atoms with Crippen LogP contribution in [0.4, 0.5) is 0 Å². The minimum absolute atomic E-state index is 0.000462. The summed E-state index contributed by atoms with van der Waals surface area (Å²) in [7, 11) is 1.65. The van der Waals surface area contributed by atoms with Gasteiger partial charge in [-0.1, -0.05) is 18.2 Å². The van der Waals surface area contributed by atoms with Crippen LogP contribution in [-0.4, -0.2) is 13.0 Å². The van der Waals surface area contributed by atoms with Gasteiger partial charge in [0.05, 0.1) is 0 Å². The zero-order valence-electron chi connectivity index (χ0n) is 8.71. The van der Waals surface area contributed by atoms with Crippen LogP contribution in [0.25, 0.3) is 6.08 Å². The molecule has 0 radical (unpaired) electrons. The number of carbonyl (C=O) groups is 1. The lowest BCUT2D eigenvalue weighted by atomic mass is 10.1. The smallest absolute Gasteiger partial charge is 0.247 e. The van der Waals surface area contributed by atoms with Gasteiger partial charge in [-0.15, -0.1) is 0 Å². The molecule has 2 rings (SSSR count). The molecule has 15 heavy (non-hydrogen) atoms. The van der Waals surface area contributed by atoms with Gasteiger partial charge < -0.3 is 11.1 Å². The van der Waals surface area contributed by atoms with E-state index in [1.54, 1.807) is 7.05 Å². The van der Waals surface area contributed by atoms with Gasteiger partial charge in [-0.25, -0.2) is 0 Å². The van der Waals surface area contributed by atoms with Crippen molar-refractivity contribution < 1.29 is 4.79 Å². The number of nitrogens with one attached hydrogen (secondary N) is 1. The van der Waals surface area contributed by atoms with Gasteiger partial charge in [0.25, 0.3) is 0 Å². The van der Waals surface area contributed by atoms with Gasteiger partial charge in [-0.05, 0) is 22.8 Å². The molecule has 1 amide bonds. The van der Waals surface area contributed by atoms with Crippen LogP contribution < -0.4 is 11.1 Å². The van der Waals surface area contributed by atoms with Crippen molar-refractivity contribution in [3.05, 3.63) is 40.5 Å². The number of amides is 1. The molecule has 0 saturated carbocycles. The maximum absolute atomic E-state index is 11.4. The first-order valence-electron chi connectivity index (χ1n) is 4.99. The first-order valence-corrected chi connectivity index (χ1v) is 4.99. The van der Waals surface area contributed by atoms with Crippen molar-refractivity contribution in [2.75, 3.05) is 7.05 Å². The molecule has 0 atom stereocenters. The Kier molecular flexibility index (Phi) is 2.56. The topological polar surface area (TPSA) is 55.1 Å². The van der Waals surface area contributed by atoms with E-state index in [0.717, 1.165) is 23.1 Å². The molecule has 0 aliphatic heterocycles. The number of hydrogen-bond donors (Lipinski definition) is 2. The van der Waals surface area contributed by atoms with Crippen LogP contribution in [0.2, 0.25) is 0 Å². The van der Waals surface area contributed by atoms with E-state index < -0.39 is 0 Å². The molecule has 0 heterocycles. The highest BCUT2D eigenvalue weighted by atomic mass is 16.1. The van der Waals surface area contributed by atoms with E-state index in [1.807, 2.05) is 24.3 Å². The predicted molar refractivity (Wildman–Crippen MR) is 60.1 cm³/mol. The summed E-state index contributed by atoms with van der Waals surface area (Å²) in [5, 5.41) is 2.64. The van der Waals surface area contributed by atoms with Crippen LogP contribution in [0.1, 0.15) is 16.7 Å². The summed E-state index contributed by atoms with van der Waals surface area (Å²) in [6, 6.07) is 6.11. The summed E-state index contributed by atoms with van der Waals surface area (Å²) in [4.78, 5) is 11.4. The second-order valence-electron chi connectivity index (χ2n) is 3.66. The van der Waals surface area contributed by atoms with Crippen molar-refractivity contribution in [1.82, 2.24) is 5.32 Å². The lowest BCUT2D eigenvalue weighted by Crippen LogP contribution is -2.19. The molecule has 0 spiro atoms. The maximum atomic E-state index is 11.4. The minimum Gasteiger partial charge on any atom is -0.355 e. The van der Waals surface area contributed by atoms with Crippen LogP contribution in [0.3, 0.4) is 0 Å². The standard InChI is InChI=1S/C12H14N2O/c1-14-12(15)11-5-9-3-2-8(7-13)4-10(9)6-11/h2-4,6H,5,7,13H2,1H3,(H,14,15). The molecule has 3 heteroatoms. The monoisotopic (exact) mass is 202 g/mol. The highest BCUT2D eigenvalue weighted by Gasteiger charge is 2.17. The first-order chi connectivity index (χ1) is 7.24. The molecule has 1 aliphatic rings. The number of rotatable bonds is 2. The van der Waals surface area contributed by atoms with E-state index in [0.29, 0.717) is 6.54 Å². The van der Waals surface area contributed by atoms with Crippen LogP contribution in [-0.2, 0) is 17.8 Å². The van der Waals surface area contributed by atoms with Gasteiger partial charge in [0.2, 0.25) is 5.91 Å². The van der Waals surface area contributed by atoms with E-state index >= 15 is 0 Å². The quantitative estimate of drug-likeness (QED) is 0.746. The summed E-state index contributed by atoms with van der Waals surface area (Å²) in [6.07, 6.45) is 2.66. The molecule has 0 bridgehead atoms. The molecule has 3 nitrogen and oxygen atoms in total. The van der Waals surface area contributed by atoms with Gasteiger partial charge in [0, 0.05) is 25.6 Å². The number of fused-ring (bicyclic) bond motifs is 1. The average Bonchev–Trinajstić information content (AvgIpc) is 2.70. The Hall–Kier alpha value is -1.61. The summed E-state index contributed by atoms with van der Waals surface area (Å²) in [6.45, 7) is 0.538. The van der Waals surface area contributed by atoms with E-state index in [1.165, 1.54) is 5.56 Å². The van der Waals surface area contributed by atoms with E-state index in [2.05, 4.69) is 5.32 Å². The van der Waals surface area contributed by atoms with Crippen molar-refractivity contribution in [1.29, 1.82) is 0 Å². The Bertz CT molecular complexity index is 435. The molecular formula is C12H14N2O. The zero-order chi connectivity index (χ0) is 10.8. The lowest BCUT2D eigenvalue weighted by molar-refractivity contribution is -0.117. The van der Waals surface area contributed by atoms with Gasteiger partial charge in [0.1, 0.15) is 0 Å². The number of likely N-dealkylation sites (N-methyl/N-ethyl adjacent to an activating group) is 1. The van der Waals surface area contributed by atoms with E-state index in [-0.39, 0.29) is 5.91 Å². The maximum Gasteiger partial charge on any atom is 0.247 e. The number of carbonyl (C=O) groups excluding carboxylic acids is 1. The third-order valence-electron chi connectivity index (χ3n) is 2.68. The van der Waals surface area contributed by atoms with Crippen LogP contribution in [0.15, 0.2) is 23.8 Å². The number of hydrogen-bond acceptors (Lipinski definition) is 2. The fraction of sp³-hybridized carbons (Fsp3) is 0.250. The molecule has 1 aromatic rings. The van der Waals surface area contributed by atoms with Crippen molar-refractivity contribution in [3.63, 3.8) is 0 Å². The second kappa shape index (κ2) is 3.87. The van der Waals surface area contributed by atoms with Crippen molar-refractivity contribution in [2.24, 2.45) is 5.73 Å². The third-order valence-corrected chi connectivity index (χ3v) is 2.68. The Morgan fingerprint density at radius 3 is 3.00 bits per heavy atom. The van der Waals surface area contributed by atoms with Crippen LogP contribution in [0.5, 0.6) is 0 Å². The summed E-state index contributed by atoms with van der Waals surface area (Å²) >= 11 is 0. The highest BCUT2D eigenvalue weighted by Crippen LogP contribution is 2.25. The number of benzene rings is 1. The van der Waals surface area contributed by atoms with Crippen LogP contribution >= 0.6 is 0 Å². The SMILES string of the molecule is CNC(=O)C1=Cc2cc(CN)ccc2C1. The zero-order valence-corrected chi connectivity index (χ0v) is 8.71.